The zero-order valence-electron chi connectivity index (χ0n) is 19.8. The van der Waals surface area contributed by atoms with Crippen LogP contribution in [0, 0.1) is 13.8 Å². The molecule has 0 spiro atoms. The summed E-state index contributed by atoms with van der Waals surface area (Å²) in [6.45, 7) is 6.95. The highest BCUT2D eigenvalue weighted by atomic mass is 16.5. The van der Waals surface area contributed by atoms with Crippen LogP contribution in [0.2, 0.25) is 0 Å². The van der Waals surface area contributed by atoms with Crippen LogP contribution < -0.4 is 20.1 Å². The minimum absolute atomic E-state index is 0.215. The lowest BCUT2D eigenvalue weighted by molar-refractivity contribution is 0.198. The number of nitrogens with zero attached hydrogens (tertiary/aromatic N) is 3. The molecule has 2 aromatic rings. The van der Waals surface area contributed by atoms with Gasteiger partial charge in [-0.3, -0.25) is 9.67 Å². The number of para-hydroxylation sites is 1. The topological polar surface area (TPSA) is 72.7 Å². The predicted molar refractivity (Wildman–Crippen MR) is 125 cm³/mol. The van der Waals surface area contributed by atoms with Gasteiger partial charge in [-0.05, 0) is 64.5 Å². The molecule has 1 aromatic carbocycles. The average Bonchev–Trinajstić information content (AvgIpc) is 3.35. The number of aromatic nitrogens is 2. The molecular formula is C24H37N5O2. The van der Waals surface area contributed by atoms with E-state index in [0.29, 0.717) is 6.54 Å². The lowest BCUT2D eigenvalue weighted by Gasteiger charge is -2.21. The van der Waals surface area contributed by atoms with Crippen LogP contribution in [0.1, 0.15) is 55.1 Å². The van der Waals surface area contributed by atoms with E-state index in [1.807, 2.05) is 23.9 Å². The highest BCUT2D eigenvalue weighted by Crippen LogP contribution is 2.34. The predicted octanol–water partition coefficient (Wildman–Crippen LogP) is 3.66. The second-order valence-corrected chi connectivity index (χ2v) is 8.42. The van der Waals surface area contributed by atoms with Crippen LogP contribution in [0.3, 0.4) is 0 Å². The first-order valence-corrected chi connectivity index (χ1v) is 11.2. The number of hydrogen-bond donors (Lipinski definition) is 2. The molecule has 1 heterocycles. The average molecular weight is 428 g/mol. The van der Waals surface area contributed by atoms with Crippen molar-refractivity contribution in [3.05, 3.63) is 40.7 Å². The summed E-state index contributed by atoms with van der Waals surface area (Å²) >= 11 is 0. The summed E-state index contributed by atoms with van der Waals surface area (Å²) in [6, 6.07) is 6.26. The molecule has 2 N–H and O–H groups in total. The first-order valence-electron chi connectivity index (χ1n) is 11.2. The van der Waals surface area contributed by atoms with Crippen molar-refractivity contribution in [2.75, 3.05) is 14.2 Å². The van der Waals surface area contributed by atoms with Gasteiger partial charge in [-0.15, -0.1) is 0 Å². The highest BCUT2D eigenvalue weighted by molar-refractivity contribution is 5.80. The van der Waals surface area contributed by atoms with Gasteiger partial charge in [-0.1, -0.05) is 12.1 Å². The second-order valence-electron chi connectivity index (χ2n) is 8.42. The first-order chi connectivity index (χ1) is 14.9. The van der Waals surface area contributed by atoms with E-state index in [1.165, 1.54) is 24.1 Å². The molecule has 1 aromatic heterocycles. The molecular weight excluding hydrogens is 390 g/mol. The van der Waals surface area contributed by atoms with Gasteiger partial charge in [0.25, 0.3) is 0 Å². The summed E-state index contributed by atoms with van der Waals surface area (Å²) in [6.07, 6.45) is 5.85. The Hall–Kier alpha value is -2.70. The number of methoxy groups -OCH3 is 1. The number of guanidine groups is 1. The molecule has 0 aliphatic heterocycles. The molecule has 1 saturated carbocycles. The van der Waals surface area contributed by atoms with Crippen LogP contribution in [0.5, 0.6) is 11.5 Å². The van der Waals surface area contributed by atoms with Gasteiger partial charge in [0.15, 0.2) is 17.5 Å². The summed E-state index contributed by atoms with van der Waals surface area (Å²) in [4.78, 5) is 4.41. The van der Waals surface area contributed by atoms with Crippen molar-refractivity contribution < 1.29 is 9.47 Å². The van der Waals surface area contributed by atoms with E-state index in [1.54, 1.807) is 14.2 Å². The maximum atomic E-state index is 6.35. The van der Waals surface area contributed by atoms with Gasteiger partial charge in [-0.25, -0.2) is 0 Å². The third-order valence-electron chi connectivity index (χ3n) is 6.09. The third kappa shape index (κ3) is 5.71. The molecule has 3 rings (SSSR count). The molecule has 1 fully saturated rings. The zero-order valence-corrected chi connectivity index (χ0v) is 19.8. The zero-order chi connectivity index (χ0) is 22.4. The summed E-state index contributed by atoms with van der Waals surface area (Å²) in [7, 11) is 5.48. The lowest BCUT2D eigenvalue weighted by atomic mass is 10.1. The fourth-order valence-electron chi connectivity index (χ4n) is 4.24. The SMILES string of the molecule is CN=C(NCc1cccc(OC)c1OC1CCCC1)NC(C)Cc1c(C)nn(C)c1C. The lowest BCUT2D eigenvalue weighted by Crippen LogP contribution is -2.42. The van der Waals surface area contributed by atoms with Crippen molar-refractivity contribution in [3.63, 3.8) is 0 Å². The Kier molecular flexibility index (Phi) is 7.82. The van der Waals surface area contributed by atoms with Gasteiger partial charge >= 0.3 is 0 Å². The molecule has 0 amide bonds. The first kappa shape index (κ1) is 23.0. The molecule has 1 unspecified atom stereocenters. The number of nitrogens with one attached hydrogen (secondary N) is 2. The molecule has 7 heteroatoms. The molecule has 1 aliphatic rings. The molecule has 170 valence electrons. The third-order valence-corrected chi connectivity index (χ3v) is 6.09. The molecule has 31 heavy (non-hydrogen) atoms. The van der Waals surface area contributed by atoms with Crippen LogP contribution in [0.25, 0.3) is 0 Å². The van der Waals surface area contributed by atoms with Crippen molar-refractivity contribution in [2.45, 2.75) is 71.6 Å². The largest absolute Gasteiger partial charge is 0.493 e. The molecule has 0 saturated heterocycles. The maximum Gasteiger partial charge on any atom is 0.191 e. The van der Waals surface area contributed by atoms with E-state index in [2.05, 4.69) is 47.6 Å². The highest BCUT2D eigenvalue weighted by Gasteiger charge is 2.21. The van der Waals surface area contributed by atoms with E-state index < -0.39 is 0 Å². The van der Waals surface area contributed by atoms with Crippen LogP contribution in [0.15, 0.2) is 23.2 Å². The minimum Gasteiger partial charge on any atom is -0.493 e. The summed E-state index contributed by atoms with van der Waals surface area (Å²) in [5, 5.41) is 11.5. The van der Waals surface area contributed by atoms with Gasteiger partial charge in [0.05, 0.1) is 18.9 Å². The van der Waals surface area contributed by atoms with E-state index in [0.717, 1.165) is 48.0 Å². The van der Waals surface area contributed by atoms with Gasteiger partial charge in [0.1, 0.15) is 0 Å². The van der Waals surface area contributed by atoms with Crippen molar-refractivity contribution in [1.82, 2.24) is 20.4 Å². The number of aryl methyl sites for hydroxylation is 2. The number of rotatable bonds is 8. The Labute approximate surface area is 186 Å². The smallest absolute Gasteiger partial charge is 0.191 e. The number of hydrogen-bond acceptors (Lipinski definition) is 4. The number of benzene rings is 1. The van der Waals surface area contributed by atoms with Gasteiger partial charge < -0.3 is 20.1 Å². The quantitative estimate of drug-likeness (QED) is 0.497. The van der Waals surface area contributed by atoms with Crippen LogP contribution in [-0.4, -0.2) is 42.0 Å². The molecule has 0 bridgehead atoms. The van der Waals surface area contributed by atoms with Crippen LogP contribution in [-0.2, 0) is 20.0 Å². The number of aliphatic imine (C=N–C) groups is 1. The Bertz CT molecular complexity index is 900. The Balaban J connectivity index is 1.63. The Morgan fingerprint density at radius 2 is 2.03 bits per heavy atom. The van der Waals surface area contributed by atoms with E-state index in [-0.39, 0.29) is 12.1 Å². The maximum absolute atomic E-state index is 6.35. The second kappa shape index (κ2) is 10.6. The van der Waals surface area contributed by atoms with Crippen molar-refractivity contribution in [3.8, 4) is 11.5 Å². The van der Waals surface area contributed by atoms with Crippen molar-refractivity contribution >= 4 is 5.96 Å². The molecule has 7 nitrogen and oxygen atoms in total. The van der Waals surface area contributed by atoms with Crippen LogP contribution in [0.4, 0.5) is 0 Å². The van der Waals surface area contributed by atoms with Crippen molar-refractivity contribution in [2.24, 2.45) is 12.0 Å². The van der Waals surface area contributed by atoms with Crippen molar-refractivity contribution in [1.29, 1.82) is 0 Å². The number of ether oxygens (including phenoxy) is 2. The monoisotopic (exact) mass is 427 g/mol. The fraction of sp³-hybridized carbons (Fsp3) is 0.583. The van der Waals surface area contributed by atoms with Crippen LogP contribution >= 0.6 is 0 Å². The van der Waals surface area contributed by atoms with E-state index >= 15 is 0 Å². The normalized spacial score (nSPS) is 15.7. The van der Waals surface area contributed by atoms with Gasteiger partial charge in [0, 0.05) is 37.9 Å². The Morgan fingerprint density at radius 3 is 2.65 bits per heavy atom. The fourth-order valence-corrected chi connectivity index (χ4v) is 4.24. The van der Waals surface area contributed by atoms with Gasteiger partial charge in [-0.2, -0.15) is 5.10 Å². The van der Waals surface area contributed by atoms with Gasteiger partial charge in [0.2, 0.25) is 0 Å². The molecule has 1 atom stereocenters. The Morgan fingerprint density at radius 1 is 1.29 bits per heavy atom. The summed E-state index contributed by atoms with van der Waals surface area (Å²) in [5.74, 6) is 2.39. The minimum atomic E-state index is 0.215. The molecule has 1 aliphatic carbocycles. The standard InChI is InChI=1S/C24H37N5O2/c1-16(14-21-17(2)28-29(5)18(21)3)27-24(25-4)26-15-19-10-9-13-22(30-6)23(19)31-20-11-7-8-12-20/h9-10,13,16,20H,7-8,11-12,14-15H2,1-6H3,(H2,25,26,27). The van der Waals surface area contributed by atoms with E-state index in [4.69, 9.17) is 9.47 Å². The molecule has 0 radical (unpaired) electrons. The summed E-state index contributed by atoms with van der Waals surface area (Å²) < 4.78 is 13.9. The summed E-state index contributed by atoms with van der Waals surface area (Å²) in [5.41, 5.74) is 4.65. The van der Waals surface area contributed by atoms with E-state index in [9.17, 15) is 0 Å².